The lowest BCUT2D eigenvalue weighted by molar-refractivity contribution is -0.123. The zero-order valence-electron chi connectivity index (χ0n) is 13.2. The van der Waals surface area contributed by atoms with Crippen molar-refractivity contribution in [3.8, 4) is 0 Å². The van der Waals surface area contributed by atoms with Gasteiger partial charge in [0.05, 0.1) is 5.56 Å². The first kappa shape index (κ1) is 17.0. The Balaban J connectivity index is 2.01. The number of benzene rings is 2. The molecule has 0 aliphatic rings. The summed E-state index contributed by atoms with van der Waals surface area (Å²) in [5, 5.41) is 3.18. The van der Waals surface area contributed by atoms with E-state index in [0.29, 0.717) is 16.3 Å². The molecule has 0 aromatic heterocycles. The van der Waals surface area contributed by atoms with Crippen molar-refractivity contribution in [2.75, 3.05) is 5.32 Å². The number of esters is 1. The smallest absolute Gasteiger partial charge is 0.338 e. The highest BCUT2D eigenvalue weighted by Crippen LogP contribution is 2.16. The van der Waals surface area contributed by atoms with Crippen LogP contribution in [0.25, 0.3) is 0 Å². The molecule has 1 amide bonds. The van der Waals surface area contributed by atoms with Crippen molar-refractivity contribution < 1.29 is 14.3 Å². The first-order valence-electron chi connectivity index (χ1n) is 7.21. The fourth-order valence-corrected chi connectivity index (χ4v) is 2.38. The maximum atomic E-state index is 12.1. The molecule has 2 rings (SSSR count). The van der Waals surface area contributed by atoms with Gasteiger partial charge in [-0.15, -0.1) is 0 Å². The molecule has 1 atom stereocenters. The summed E-state index contributed by atoms with van der Waals surface area (Å²) < 4.78 is 5.23. The Morgan fingerprint density at radius 1 is 1.09 bits per heavy atom. The van der Waals surface area contributed by atoms with Gasteiger partial charge in [0.1, 0.15) is 0 Å². The number of ether oxygens (including phenoxy) is 1. The van der Waals surface area contributed by atoms with Crippen LogP contribution in [0, 0.1) is 13.8 Å². The fourth-order valence-electron chi connectivity index (χ4n) is 2.18. The number of amides is 1. The van der Waals surface area contributed by atoms with Gasteiger partial charge in [-0.05, 0) is 51.1 Å². The summed E-state index contributed by atoms with van der Waals surface area (Å²) in [5.41, 5.74) is 2.92. The highest BCUT2D eigenvalue weighted by atomic mass is 35.5. The maximum Gasteiger partial charge on any atom is 0.338 e. The minimum absolute atomic E-state index is 0.412. The third kappa shape index (κ3) is 4.83. The minimum atomic E-state index is -0.915. The topological polar surface area (TPSA) is 55.4 Å². The predicted octanol–water partition coefficient (Wildman–Crippen LogP) is 4.14. The van der Waals surface area contributed by atoms with Crippen LogP contribution in [0.3, 0.4) is 0 Å². The van der Waals surface area contributed by atoms with Crippen LogP contribution in [-0.2, 0) is 9.53 Å². The monoisotopic (exact) mass is 331 g/mol. The Kier molecular flexibility index (Phi) is 5.40. The van der Waals surface area contributed by atoms with Crippen LogP contribution in [0.15, 0.2) is 42.5 Å². The molecule has 0 radical (unpaired) electrons. The number of carbonyl (C=O) groups excluding carboxylic acids is 2. The summed E-state index contributed by atoms with van der Waals surface area (Å²) in [6.45, 7) is 5.33. The van der Waals surface area contributed by atoms with Gasteiger partial charge in [-0.3, -0.25) is 4.79 Å². The molecule has 0 fully saturated rings. The van der Waals surface area contributed by atoms with Crippen molar-refractivity contribution >= 4 is 29.2 Å². The second-order valence-electron chi connectivity index (χ2n) is 5.42. The molecule has 0 unspecified atom stereocenters. The molecular weight excluding hydrogens is 314 g/mol. The minimum Gasteiger partial charge on any atom is -0.449 e. The SMILES string of the molecule is Cc1cc(C)cc(C(=O)O[C@@H](C)C(=O)Nc2cccc(Cl)c2)c1. The van der Waals surface area contributed by atoms with Crippen LogP contribution in [-0.4, -0.2) is 18.0 Å². The van der Waals surface area contributed by atoms with E-state index < -0.39 is 18.0 Å². The van der Waals surface area contributed by atoms with Gasteiger partial charge in [0.2, 0.25) is 0 Å². The second-order valence-corrected chi connectivity index (χ2v) is 5.86. The first-order chi connectivity index (χ1) is 10.8. The van der Waals surface area contributed by atoms with Crippen molar-refractivity contribution in [3.63, 3.8) is 0 Å². The average molecular weight is 332 g/mol. The van der Waals surface area contributed by atoms with Crippen molar-refractivity contribution in [1.82, 2.24) is 0 Å². The van der Waals surface area contributed by atoms with Crippen LogP contribution in [0.1, 0.15) is 28.4 Å². The van der Waals surface area contributed by atoms with Gasteiger partial charge in [-0.1, -0.05) is 34.9 Å². The molecule has 0 aliphatic carbocycles. The molecule has 0 saturated carbocycles. The summed E-state index contributed by atoms with van der Waals surface area (Å²) in [4.78, 5) is 24.2. The van der Waals surface area contributed by atoms with Crippen LogP contribution >= 0.6 is 11.6 Å². The molecule has 2 aromatic rings. The number of nitrogens with one attached hydrogen (secondary N) is 1. The van der Waals surface area contributed by atoms with E-state index in [1.165, 1.54) is 6.92 Å². The summed E-state index contributed by atoms with van der Waals surface area (Å²) >= 11 is 5.87. The van der Waals surface area contributed by atoms with Crippen LogP contribution in [0.4, 0.5) is 5.69 Å². The third-order valence-electron chi connectivity index (χ3n) is 3.20. The van der Waals surface area contributed by atoms with E-state index in [0.717, 1.165) is 11.1 Å². The molecular formula is C18H18ClNO3. The molecule has 1 N–H and O–H groups in total. The van der Waals surface area contributed by atoms with Crippen molar-refractivity contribution in [2.45, 2.75) is 26.9 Å². The van der Waals surface area contributed by atoms with Gasteiger partial charge >= 0.3 is 5.97 Å². The van der Waals surface area contributed by atoms with E-state index >= 15 is 0 Å². The zero-order chi connectivity index (χ0) is 17.0. The lowest BCUT2D eigenvalue weighted by Crippen LogP contribution is -2.30. The van der Waals surface area contributed by atoms with E-state index in [1.807, 2.05) is 19.9 Å². The van der Waals surface area contributed by atoms with Crippen LogP contribution < -0.4 is 5.32 Å². The Morgan fingerprint density at radius 3 is 2.35 bits per heavy atom. The Labute approximate surface area is 140 Å². The number of hydrogen-bond acceptors (Lipinski definition) is 3. The number of hydrogen-bond donors (Lipinski definition) is 1. The normalized spacial score (nSPS) is 11.7. The molecule has 2 aromatic carbocycles. The number of rotatable bonds is 4. The largest absolute Gasteiger partial charge is 0.449 e. The first-order valence-corrected chi connectivity index (χ1v) is 7.58. The van der Waals surface area contributed by atoms with E-state index in [2.05, 4.69) is 5.32 Å². The van der Waals surface area contributed by atoms with Gasteiger partial charge in [0.25, 0.3) is 5.91 Å². The molecule has 0 heterocycles. The van der Waals surface area contributed by atoms with Gasteiger partial charge in [0.15, 0.2) is 6.10 Å². The quantitative estimate of drug-likeness (QED) is 0.857. The third-order valence-corrected chi connectivity index (χ3v) is 3.44. The summed E-state index contributed by atoms with van der Waals surface area (Å²) in [7, 11) is 0. The van der Waals surface area contributed by atoms with Crippen molar-refractivity contribution in [2.24, 2.45) is 0 Å². The zero-order valence-corrected chi connectivity index (χ0v) is 14.0. The molecule has 0 spiro atoms. The lowest BCUT2D eigenvalue weighted by atomic mass is 10.1. The summed E-state index contributed by atoms with van der Waals surface area (Å²) in [6.07, 6.45) is -0.915. The highest BCUT2D eigenvalue weighted by Gasteiger charge is 2.19. The Hall–Kier alpha value is -2.33. The van der Waals surface area contributed by atoms with E-state index in [-0.39, 0.29) is 0 Å². The number of anilines is 1. The molecule has 120 valence electrons. The Morgan fingerprint density at radius 2 is 1.74 bits per heavy atom. The van der Waals surface area contributed by atoms with Crippen LogP contribution in [0.2, 0.25) is 5.02 Å². The molecule has 0 bridgehead atoms. The molecule has 5 heteroatoms. The lowest BCUT2D eigenvalue weighted by Gasteiger charge is -2.14. The summed E-state index contributed by atoms with van der Waals surface area (Å²) in [5.74, 6) is -0.935. The van der Waals surface area contributed by atoms with Gasteiger partial charge in [-0.25, -0.2) is 4.79 Å². The fraction of sp³-hybridized carbons (Fsp3) is 0.222. The summed E-state index contributed by atoms with van der Waals surface area (Å²) in [6, 6.07) is 12.2. The predicted molar refractivity (Wildman–Crippen MR) is 90.9 cm³/mol. The molecule has 4 nitrogen and oxygen atoms in total. The van der Waals surface area contributed by atoms with Crippen LogP contribution in [0.5, 0.6) is 0 Å². The van der Waals surface area contributed by atoms with E-state index in [4.69, 9.17) is 16.3 Å². The standard InChI is InChI=1S/C18H18ClNO3/c1-11-7-12(2)9-14(8-11)18(22)23-13(3)17(21)20-16-6-4-5-15(19)10-16/h4-10,13H,1-3H3,(H,20,21)/t13-/m0/s1. The number of aryl methyl sites for hydroxylation is 2. The Bertz CT molecular complexity index is 723. The van der Waals surface area contributed by atoms with Gasteiger partial charge < -0.3 is 10.1 Å². The molecule has 0 aliphatic heterocycles. The number of halogens is 1. The molecule has 23 heavy (non-hydrogen) atoms. The second kappa shape index (κ2) is 7.29. The average Bonchev–Trinajstić information content (AvgIpc) is 2.46. The maximum absolute atomic E-state index is 12.1. The van der Waals surface area contributed by atoms with E-state index in [9.17, 15) is 9.59 Å². The van der Waals surface area contributed by atoms with Gasteiger partial charge in [-0.2, -0.15) is 0 Å². The van der Waals surface area contributed by atoms with Crippen molar-refractivity contribution in [3.05, 3.63) is 64.2 Å². The van der Waals surface area contributed by atoms with Crippen molar-refractivity contribution in [1.29, 1.82) is 0 Å². The number of carbonyl (C=O) groups is 2. The van der Waals surface area contributed by atoms with E-state index in [1.54, 1.807) is 36.4 Å². The van der Waals surface area contributed by atoms with Gasteiger partial charge in [0, 0.05) is 10.7 Å². The molecule has 0 saturated heterocycles. The highest BCUT2D eigenvalue weighted by molar-refractivity contribution is 6.30.